The number of carbonyl (C=O) groups excluding carboxylic acids is 1. The molecule has 0 aliphatic heterocycles. The van der Waals surface area contributed by atoms with E-state index in [0.29, 0.717) is 10.2 Å². The molecule has 0 fully saturated rings. The van der Waals surface area contributed by atoms with Crippen molar-refractivity contribution >= 4 is 27.5 Å². The first-order valence-electron chi connectivity index (χ1n) is 5.91. The summed E-state index contributed by atoms with van der Waals surface area (Å²) in [7, 11) is 1.42. The highest BCUT2D eigenvalue weighted by molar-refractivity contribution is 9.10. The van der Waals surface area contributed by atoms with Crippen molar-refractivity contribution in [2.45, 2.75) is 0 Å². The van der Waals surface area contributed by atoms with Gasteiger partial charge in [-0.25, -0.2) is 4.39 Å². The number of ether oxygens (including phenoxy) is 1. The van der Waals surface area contributed by atoms with Crippen molar-refractivity contribution < 1.29 is 13.9 Å². The van der Waals surface area contributed by atoms with E-state index in [1.54, 1.807) is 18.2 Å². The average Bonchev–Trinajstić information content (AvgIpc) is 2.47. The number of nitrogens with zero attached hydrogens (tertiary/aromatic N) is 1. The SMILES string of the molecule is COc1cccc(C#N)c1NC(=O)c1c(F)cccc1Br. The molecule has 0 aliphatic rings. The van der Waals surface area contributed by atoms with Gasteiger partial charge in [-0.3, -0.25) is 4.79 Å². The van der Waals surface area contributed by atoms with Crippen LogP contribution in [0.3, 0.4) is 0 Å². The number of hydrogen-bond acceptors (Lipinski definition) is 3. The van der Waals surface area contributed by atoms with Gasteiger partial charge < -0.3 is 10.1 Å². The summed E-state index contributed by atoms with van der Waals surface area (Å²) in [5.74, 6) is -0.994. The summed E-state index contributed by atoms with van der Waals surface area (Å²) in [5, 5.41) is 11.6. The lowest BCUT2D eigenvalue weighted by molar-refractivity contribution is 0.102. The summed E-state index contributed by atoms with van der Waals surface area (Å²) in [6.45, 7) is 0. The number of carbonyl (C=O) groups is 1. The Morgan fingerprint density at radius 3 is 2.67 bits per heavy atom. The molecule has 0 heterocycles. The van der Waals surface area contributed by atoms with Crippen LogP contribution < -0.4 is 10.1 Å². The van der Waals surface area contributed by atoms with Crippen molar-refractivity contribution in [1.82, 2.24) is 0 Å². The molecular formula is C15H10BrFN2O2. The number of anilines is 1. The van der Waals surface area contributed by atoms with E-state index in [-0.39, 0.29) is 16.8 Å². The summed E-state index contributed by atoms with van der Waals surface area (Å²) in [6.07, 6.45) is 0. The Morgan fingerprint density at radius 1 is 1.33 bits per heavy atom. The molecule has 0 unspecified atom stereocenters. The van der Waals surface area contributed by atoms with Crippen LogP contribution in [0.4, 0.5) is 10.1 Å². The number of methoxy groups -OCH3 is 1. The zero-order valence-electron chi connectivity index (χ0n) is 11.0. The average molecular weight is 349 g/mol. The maximum Gasteiger partial charge on any atom is 0.259 e. The van der Waals surface area contributed by atoms with Crippen LogP contribution in [0.1, 0.15) is 15.9 Å². The maximum atomic E-state index is 13.8. The maximum absolute atomic E-state index is 13.8. The first kappa shape index (κ1) is 15.0. The largest absolute Gasteiger partial charge is 0.495 e. The lowest BCUT2D eigenvalue weighted by Gasteiger charge is -2.12. The van der Waals surface area contributed by atoms with Gasteiger partial charge in [-0.15, -0.1) is 0 Å². The number of benzene rings is 2. The molecule has 4 nitrogen and oxygen atoms in total. The van der Waals surface area contributed by atoms with E-state index in [0.717, 1.165) is 0 Å². The fourth-order valence-corrected chi connectivity index (χ4v) is 2.34. The van der Waals surface area contributed by atoms with E-state index in [9.17, 15) is 9.18 Å². The molecule has 1 amide bonds. The van der Waals surface area contributed by atoms with Crippen LogP contribution >= 0.6 is 15.9 Å². The zero-order valence-corrected chi connectivity index (χ0v) is 12.6. The quantitative estimate of drug-likeness (QED) is 0.919. The van der Waals surface area contributed by atoms with Gasteiger partial charge >= 0.3 is 0 Å². The lowest BCUT2D eigenvalue weighted by Crippen LogP contribution is -2.16. The van der Waals surface area contributed by atoms with Crippen LogP contribution in [-0.2, 0) is 0 Å². The van der Waals surface area contributed by atoms with Crippen LogP contribution in [0.5, 0.6) is 5.75 Å². The monoisotopic (exact) mass is 348 g/mol. The fourth-order valence-electron chi connectivity index (χ4n) is 1.81. The number of halogens is 2. The van der Waals surface area contributed by atoms with Crippen molar-refractivity contribution in [3.8, 4) is 11.8 Å². The zero-order chi connectivity index (χ0) is 15.4. The second-order valence-corrected chi connectivity index (χ2v) is 4.90. The van der Waals surface area contributed by atoms with E-state index in [2.05, 4.69) is 21.2 Å². The molecule has 0 radical (unpaired) electrons. The van der Waals surface area contributed by atoms with Crippen LogP contribution in [0.25, 0.3) is 0 Å². The molecule has 1 N–H and O–H groups in total. The highest BCUT2D eigenvalue weighted by Gasteiger charge is 2.18. The standard InChI is InChI=1S/C15H10BrFN2O2/c1-21-12-7-2-4-9(8-18)14(12)19-15(20)13-10(16)5-3-6-11(13)17/h2-7H,1H3,(H,19,20). The molecule has 0 saturated heterocycles. The third-order valence-electron chi connectivity index (χ3n) is 2.79. The Morgan fingerprint density at radius 2 is 2.05 bits per heavy atom. The first-order chi connectivity index (χ1) is 10.1. The second-order valence-electron chi connectivity index (χ2n) is 4.05. The van der Waals surface area contributed by atoms with E-state index < -0.39 is 11.7 Å². The van der Waals surface area contributed by atoms with E-state index in [4.69, 9.17) is 10.00 Å². The minimum Gasteiger partial charge on any atom is -0.495 e. The predicted octanol–water partition coefficient (Wildman–Crippen LogP) is 3.72. The van der Waals surface area contributed by atoms with Crippen molar-refractivity contribution in [1.29, 1.82) is 5.26 Å². The topological polar surface area (TPSA) is 62.1 Å². The van der Waals surface area contributed by atoms with Crippen molar-refractivity contribution in [3.63, 3.8) is 0 Å². The number of nitrogens with one attached hydrogen (secondary N) is 1. The molecule has 6 heteroatoms. The molecule has 2 aromatic rings. The number of nitriles is 1. The van der Waals surface area contributed by atoms with Gasteiger partial charge in [0.25, 0.3) is 5.91 Å². The smallest absolute Gasteiger partial charge is 0.259 e. The first-order valence-corrected chi connectivity index (χ1v) is 6.70. The minimum absolute atomic E-state index is 0.132. The molecule has 106 valence electrons. The molecule has 2 rings (SSSR count). The molecular weight excluding hydrogens is 339 g/mol. The van der Waals surface area contributed by atoms with Crippen LogP contribution in [0.15, 0.2) is 40.9 Å². The molecule has 0 aromatic heterocycles. The van der Waals surface area contributed by atoms with Crippen LogP contribution in [0, 0.1) is 17.1 Å². The second kappa shape index (κ2) is 6.37. The summed E-state index contributed by atoms with van der Waals surface area (Å²) in [4.78, 5) is 12.2. The van der Waals surface area contributed by atoms with Gasteiger partial charge in [0.2, 0.25) is 0 Å². The highest BCUT2D eigenvalue weighted by atomic mass is 79.9. The Bertz CT molecular complexity index is 721. The van der Waals surface area contributed by atoms with Crippen molar-refractivity contribution in [3.05, 3.63) is 57.8 Å². The van der Waals surface area contributed by atoms with Crippen LogP contribution in [0.2, 0.25) is 0 Å². The molecule has 2 aromatic carbocycles. The Labute approximate surface area is 129 Å². The highest BCUT2D eigenvalue weighted by Crippen LogP contribution is 2.29. The molecule has 0 bridgehead atoms. The Hall–Kier alpha value is -2.39. The van der Waals surface area contributed by atoms with Crippen molar-refractivity contribution in [2.75, 3.05) is 12.4 Å². The van der Waals surface area contributed by atoms with Gasteiger partial charge in [0.1, 0.15) is 23.3 Å². The molecule has 0 saturated carbocycles. The molecule has 0 spiro atoms. The molecule has 0 atom stereocenters. The third kappa shape index (κ3) is 3.03. The van der Waals surface area contributed by atoms with Gasteiger partial charge in [0.15, 0.2) is 0 Å². The lowest BCUT2D eigenvalue weighted by atomic mass is 10.1. The number of rotatable bonds is 3. The van der Waals surface area contributed by atoms with E-state index in [1.807, 2.05) is 6.07 Å². The van der Waals surface area contributed by atoms with Gasteiger partial charge in [-0.2, -0.15) is 5.26 Å². The minimum atomic E-state index is -0.666. The molecule has 0 aliphatic carbocycles. The van der Waals surface area contributed by atoms with E-state index >= 15 is 0 Å². The molecule has 21 heavy (non-hydrogen) atoms. The third-order valence-corrected chi connectivity index (χ3v) is 3.46. The number of amides is 1. The fraction of sp³-hybridized carbons (Fsp3) is 0.0667. The van der Waals surface area contributed by atoms with Gasteiger partial charge in [0, 0.05) is 4.47 Å². The van der Waals surface area contributed by atoms with E-state index in [1.165, 1.54) is 25.3 Å². The Balaban J connectivity index is 2.44. The summed E-state index contributed by atoms with van der Waals surface area (Å²) in [5.41, 5.74) is 0.310. The van der Waals surface area contributed by atoms with Crippen molar-refractivity contribution in [2.24, 2.45) is 0 Å². The number of hydrogen-bond donors (Lipinski definition) is 1. The summed E-state index contributed by atoms with van der Waals surface area (Å²) in [6, 6.07) is 11.0. The summed E-state index contributed by atoms with van der Waals surface area (Å²) >= 11 is 3.14. The Kier molecular flexibility index (Phi) is 4.55. The summed E-state index contributed by atoms with van der Waals surface area (Å²) < 4.78 is 19.2. The number of para-hydroxylation sites is 1. The van der Waals surface area contributed by atoms with Gasteiger partial charge in [-0.05, 0) is 40.2 Å². The van der Waals surface area contributed by atoms with Crippen LogP contribution in [-0.4, -0.2) is 13.0 Å². The predicted molar refractivity (Wildman–Crippen MR) is 79.8 cm³/mol. The van der Waals surface area contributed by atoms with Gasteiger partial charge in [0.05, 0.1) is 18.2 Å². The van der Waals surface area contributed by atoms with Gasteiger partial charge in [-0.1, -0.05) is 12.1 Å². The normalized spacial score (nSPS) is 9.81.